The van der Waals surface area contributed by atoms with Gasteiger partial charge >= 0.3 is 0 Å². The molecule has 1 heterocycles. The number of carbonyl (C=O) groups is 1. The molecule has 2 aromatic rings. The Kier molecular flexibility index (Phi) is 2.78. The molecule has 0 saturated heterocycles. The zero-order valence-corrected chi connectivity index (χ0v) is 11.4. The van der Waals surface area contributed by atoms with E-state index in [-0.39, 0.29) is 5.78 Å². The number of hydrogen-bond donors (Lipinski definition) is 0. The van der Waals surface area contributed by atoms with Crippen molar-refractivity contribution < 1.29 is 4.79 Å². The number of benzene rings is 1. The van der Waals surface area contributed by atoms with Crippen molar-refractivity contribution in [3.05, 3.63) is 39.9 Å². The molecule has 3 rings (SSSR count). The zero-order chi connectivity index (χ0) is 12.7. The van der Waals surface area contributed by atoms with Crippen molar-refractivity contribution in [1.29, 1.82) is 0 Å². The first-order chi connectivity index (χ1) is 8.66. The van der Waals surface area contributed by atoms with Crippen LogP contribution >= 0.6 is 11.3 Å². The minimum Gasteiger partial charge on any atom is -0.292 e. The third kappa shape index (κ3) is 1.79. The van der Waals surface area contributed by atoms with E-state index >= 15 is 0 Å². The molecule has 18 heavy (non-hydrogen) atoms. The lowest BCUT2D eigenvalue weighted by Gasteiger charge is -2.06. The SMILES string of the molecule is Cc1cccc(-c2nc3c(s2)CCCC3=O)c1C. The number of fused-ring (bicyclic) bond motifs is 1. The standard InChI is InChI=1S/C15H15NOS/c1-9-5-3-6-11(10(9)2)15-16-14-12(17)7-4-8-13(14)18-15/h3,5-6H,4,7-8H2,1-2H3. The predicted molar refractivity (Wildman–Crippen MR) is 74.3 cm³/mol. The molecule has 0 unspecified atom stereocenters. The van der Waals surface area contributed by atoms with Crippen molar-refractivity contribution in [1.82, 2.24) is 4.98 Å². The summed E-state index contributed by atoms with van der Waals surface area (Å²) in [6.07, 6.45) is 2.63. The minimum atomic E-state index is 0.212. The molecule has 1 aromatic heterocycles. The second-order valence-corrected chi connectivity index (χ2v) is 5.90. The van der Waals surface area contributed by atoms with Gasteiger partial charge in [-0.05, 0) is 37.8 Å². The van der Waals surface area contributed by atoms with E-state index in [4.69, 9.17) is 0 Å². The molecular weight excluding hydrogens is 242 g/mol. The largest absolute Gasteiger partial charge is 0.292 e. The summed E-state index contributed by atoms with van der Waals surface area (Å²) in [5, 5.41) is 0.997. The fraction of sp³-hybridized carbons (Fsp3) is 0.333. The van der Waals surface area contributed by atoms with E-state index < -0.39 is 0 Å². The van der Waals surface area contributed by atoms with Crippen LogP contribution < -0.4 is 0 Å². The van der Waals surface area contributed by atoms with Gasteiger partial charge < -0.3 is 0 Å². The Morgan fingerprint density at radius 2 is 2.06 bits per heavy atom. The molecule has 92 valence electrons. The maximum atomic E-state index is 11.8. The minimum absolute atomic E-state index is 0.212. The Balaban J connectivity index is 2.13. The molecule has 0 bridgehead atoms. The van der Waals surface area contributed by atoms with E-state index in [0.29, 0.717) is 6.42 Å². The quantitative estimate of drug-likeness (QED) is 0.774. The van der Waals surface area contributed by atoms with Gasteiger partial charge in [-0.25, -0.2) is 4.98 Å². The third-order valence-electron chi connectivity index (χ3n) is 3.60. The van der Waals surface area contributed by atoms with Gasteiger partial charge in [0.15, 0.2) is 5.78 Å². The van der Waals surface area contributed by atoms with Gasteiger partial charge in [-0.15, -0.1) is 11.3 Å². The highest BCUT2D eigenvalue weighted by atomic mass is 32.1. The third-order valence-corrected chi connectivity index (χ3v) is 4.75. The van der Waals surface area contributed by atoms with Crippen LogP contribution in [-0.4, -0.2) is 10.8 Å². The van der Waals surface area contributed by atoms with Crippen LogP contribution in [0.2, 0.25) is 0 Å². The van der Waals surface area contributed by atoms with Crippen LogP contribution in [0.15, 0.2) is 18.2 Å². The smallest absolute Gasteiger partial charge is 0.182 e. The maximum Gasteiger partial charge on any atom is 0.182 e. The lowest BCUT2D eigenvalue weighted by molar-refractivity contribution is 0.0968. The van der Waals surface area contributed by atoms with E-state index in [1.807, 2.05) is 0 Å². The number of ketones is 1. The lowest BCUT2D eigenvalue weighted by atomic mass is 10.0. The summed E-state index contributed by atoms with van der Waals surface area (Å²) in [6.45, 7) is 4.23. The summed E-state index contributed by atoms with van der Waals surface area (Å²) in [6, 6.07) is 6.26. The molecule has 0 amide bonds. The fourth-order valence-electron chi connectivity index (χ4n) is 2.36. The van der Waals surface area contributed by atoms with Crippen molar-refractivity contribution in [2.75, 3.05) is 0 Å². The van der Waals surface area contributed by atoms with Gasteiger partial charge in [0.05, 0.1) is 0 Å². The number of nitrogens with zero attached hydrogens (tertiary/aromatic N) is 1. The average Bonchev–Trinajstić information content (AvgIpc) is 2.78. The Labute approximate surface area is 111 Å². The summed E-state index contributed by atoms with van der Waals surface area (Å²) in [5.41, 5.74) is 4.42. The summed E-state index contributed by atoms with van der Waals surface area (Å²) in [7, 11) is 0. The van der Waals surface area contributed by atoms with Crippen molar-refractivity contribution in [2.24, 2.45) is 0 Å². The van der Waals surface area contributed by atoms with Gasteiger partial charge in [0.1, 0.15) is 10.7 Å². The van der Waals surface area contributed by atoms with E-state index in [1.54, 1.807) is 11.3 Å². The molecule has 0 fully saturated rings. The molecule has 2 nitrogen and oxygen atoms in total. The van der Waals surface area contributed by atoms with Gasteiger partial charge in [-0.2, -0.15) is 0 Å². The van der Waals surface area contributed by atoms with Crippen molar-refractivity contribution in [2.45, 2.75) is 33.1 Å². The number of thiazole rings is 1. The lowest BCUT2D eigenvalue weighted by Crippen LogP contribution is -2.08. The second kappa shape index (κ2) is 4.32. The molecule has 0 atom stereocenters. The number of aromatic nitrogens is 1. The average molecular weight is 257 g/mol. The van der Waals surface area contributed by atoms with Gasteiger partial charge in [0.2, 0.25) is 0 Å². The van der Waals surface area contributed by atoms with E-state index in [2.05, 4.69) is 37.0 Å². The first kappa shape index (κ1) is 11.6. The number of hydrogen-bond acceptors (Lipinski definition) is 3. The summed E-state index contributed by atoms with van der Waals surface area (Å²) in [5.74, 6) is 0.212. The Morgan fingerprint density at radius 3 is 2.83 bits per heavy atom. The normalized spacial score (nSPS) is 14.7. The van der Waals surface area contributed by atoms with Crippen LogP contribution in [0, 0.1) is 13.8 Å². The Bertz CT molecular complexity index is 627. The Hall–Kier alpha value is -1.48. The summed E-state index contributed by atoms with van der Waals surface area (Å²) >= 11 is 1.68. The monoisotopic (exact) mass is 257 g/mol. The number of Topliss-reactive ketones (excluding diaryl/α,β-unsaturated/α-hetero) is 1. The number of carbonyl (C=O) groups excluding carboxylic acids is 1. The van der Waals surface area contributed by atoms with Gasteiger partial charge in [0, 0.05) is 16.9 Å². The van der Waals surface area contributed by atoms with Crippen LogP contribution in [0.1, 0.15) is 39.3 Å². The summed E-state index contributed by atoms with van der Waals surface area (Å²) in [4.78, 5) is 17.6. The van der Waals surface area contributed by atoms with Crippen molar-refractivity contribution >= 4 is 17.1 Å². The first-order valence-electron chi connectivity index (χ1n) is 6.26. The van der Waals surface area contributed by atoms with Crippen LogP contribution in [0.4, 0.5) is 0 Å². The highest BCUT2D eigenvalue weighted by molar-refractivity contribution is 7.15. The number of aryl methyl sites for hydroxylation is 2. The zero-order valence-electron chi connectivity index (χ0n) is 10.6. The van der Waals surface area contributed by atoms with Gasteiger partial charge in [0.25, 0.3) is 0 Å². The molecular formula is C15H15NOS. The maximum absolute atomic E-state index is 11.8. The van der Waals surface area contributed by atoms with E-state index in [9.17, 15) is 4.79 Å². The van der Waals surface area contributed by atoms with Crippen LogP contribution in [-0.2, 0) is 6.42 Å². The fourth-order valence-corrected chi connectivity index (χ4v) is 3.57. The molecule has 3 heteroatoms. The molecule has 0 saturated carbocycles. The van der Waals surface area contributed by atoms with Crippen molar-refractivity contribution in [3.8, 4) is 10.6 Å². The van der Waals surface area contributed by atoms with Crippen molar-refractivity contribution in [3.63, 3.8) is 0 Å². The van der Waals surface area contributed by atoms with Crippen LogP contribution in [0.3, 0.4) is 0 Å². The highest BCUT2D eigenvalue weighted by Crippen LogP contribution is 2.34. The predicted octanol–water partition coefficient (Wildman–Crippen LogP) is 3.95. The second-order valence-electron chi connectivity index (χ2n) is 4.82. The van der Waals surface area contributed by atoms with E-state index in [0.717, 1.165) is 23.5 Å². The summed E-state index contributed by atoms with van der Waals surface area (Å²) < 4.78 is 0. The molecule has 1 aromatic carbocycles. The number of rotatable bonds is 1. The Morgan fingerprint density at radius 1 is 1.22 bits per heavy atom. The molecule has 0 spiro atoms. The molecule has 0 aliphatic heterocycles. The molecule has 1 aliphatic carbocycles. The first-order valence-corrected chi connectivity index (χ1v) is 7.08. The van der Waals surface area contributed by atoms with Gasteiger partial charge in [-0.1, -0.05) is 18.2 Å². The molecule has 0 radical (unpaired) electrons. The van der Waals surface area contributed by atoms with E-state index in [1.165, 1.54) is 21.6 Å². The highest BCUT2D eigenvalue weighted by Gasteiger charge is 2.23. The molecule has 1 aliphatic rings. The van der Waals surface area contributed by atoms with Crippen LogP contribution in [0.25, 0.3) is 10.6 Å². The topological polar surface area (TPSA) is 30.0 Å². The van der Waals surface area contributed by atoms with Crippen LogP contribution in [0.5, 0.6) is 0 Å². The van der Waals surface area contributed by atoms with Gasteiger partial charge in [-0.3, -0.25) is 4.79 Å². The molecule has 0 N–H and O–H groups in total.